The first kappa shape index (κ1) is 22.3. The number of rotatable bonds is 8. The van der Waals surface area contributed by atoms with Crippen molar-refractivity contribution >= 4 is 5.91 Å². The van der Waals surface area contributed by atoms with Crippen LogP contribution in [0.3, 0.4) is 0 Å². The normalized spacial score (nSPS) is 24.9. The minimum Gasteiger partial charge on any atom is -0.363 e. The van der Waals surface area contributed by atoms with Crippen LogP contribution in [0.1, 0.15) is 32.6 Å². The molecule has 2 rings (SSSR count). The Bertz CT molecular complexity index is 785. The van der Waals surface area contributed by atoms with Gasteiger partial charge in [0.25, 0.3) is 5.56 Å². The number of aromatic nitrogens is 2. The average molecular weight is 396 g/mol. The van der Waals surface area contributed by atoms with Crippen molar-refractivity contribution in [2.24, 2.45) is 11.8 Å². The summed E-state index contributed by atoms with van der Waals surface area (Å²) in [4.78, 5) is 40.4. The van der Waals surface area contributed by atoms with Gasteiger partial charge in [0.1, 0.15) is 12.7 Å². The molecule has 1 amide bonds. The van der Waals surface area contributed by atoms with E-state index in [0.29, 0.717) is 12.1 Å². The van der Waals surface area contributed by atoms with Crippen molar-refractivity contribution in [1.29, 1.82) is 0 Å². The highest BCUT2D eigenvalue weighted by Crippen LogP contribution is 2.38. The van der Waals surface area contributed by atoms with Crippen LogP contribution in [0, 0.1) is 18.8 Å². The molecule has 1 aromatic heterocycles. The molecule has 28 heavy (non-hydrogen) atoms. The molecule has 158 valence electrons. The van der Waals surface area contributed by atoms with Gasteiger partial charge in [0, 0.05) is 30.8 Å². The first-order valence-electron chi connectivity index (χ1n) is 9.62. The van der Waals surface area contributed by atoms with Gasteiger partial charge in [0.2, 0.25) is 5.91 Å². The molecule has 2 heterocycles. The number of hydrogen-bond acceptors (Lipinski definition) is 6. The molecule has 1 aliphatic heterocycles. The SMILES string of the molecule is Cc1cn([C@@H]2O[C@H](C(C)C)[C@@H](C)[C@H]2OCC(=O)NCCN(C)C)c(=O)[nH]c1=O. The fourth-order valence-corrected chi connectivity index (χ4v) is 3.45. The Morgan fingerprint density at radius 2 is 2.07 bits per heavy atom. The molecule has 0 bridgehead atoms. The molecular weight excluding hydrogens is 364 g/mol. The van der Waals surface area contributed by atoms with Crippen molar-refractivity contribution in [2.75, 3.05) is 33.8 Å². The van der Waals surface area contributed by atoms with Gasteiger partial charge in [-0.25, -0.2) is 4.79 Å². The van der Waals surface area contributed by atoms with Gasteiger partial charge in [-0.05, 0) is 26.9 Å². The second-order valence-electron chi connectivity index (χ2n) is 8.00. The van der Waals surface area contributed by atoms with Gasteiger partial charge in [-0.3, -0.25) is 19.1 Å². The fourth-order valence-electron chi connectivity index (χ4n) is 3.45. The van der Waals surface area contributed by atoms with E-state index in [-0.39, 0.29) is 30.5 Å². The van der Waals surface area contributed by atoms with Crippen LogP contribution >= 0.6 is 0 Å². The number of ether oxygens (including phenoxy) is 2. The molecule has 0 saturated carbocycles. The van der Waals surface area contributed by atoms with Crippen molar-refractivity contribution in [3.05, 3.63) is 32.6 Å². The summed E-state index contributed by atoms with van der Waals surface area (Å²) in [7, 11) is 3.86. The van der Waals surface area contributed by atoms with E-state index < -0.39 is 23.6 Å². The number of aryl methyl sites for hydroxylation is 1. The number of nitrogens with zero attached hydrogens (tertiary/aromatic N) is 2. The van der Waals surface area contributed by atoms with Crippen LogP contribution in [0.15, 0.2) is 15.8 Å². The van der Waals surface area contributed by atoms with E-state index in [4.69, 9.17) is 9.47 Å². The number of likely N-dealkylation sites (N-methyl/N-ethyl adjacent to an activating group) is 1. The third kappa shape index (κ3) is 5.30. The average Bonchev–Trinajstić information content (AvgIpc) is 2.92. The summed E-state index contributed by atoms with van der Waals surface area (Å²) in [5, 5.41) is 2.81. The number of amides is 1. The molecule has 1 aromatic rings. The maximum Gasteiger partial charge on any atom is 0.330 e. The zero-order valence-electron chi connectivity index (χ0n) is 17.5. The number of carbonyl (C=O) groups excluding carboxylic acids is 1. The van der Waals surface area contributed by atoms with E-state index >= 15 is 0 Å². The third-order valence-corrected chi connectivity index (χ3v) is 4.98. The van der Waals surface area contributed by atoms with Gasteiger partial charge >= 0.3 is 5.69 Å². The molecule has 1 fully saturated rings. The van der Waals surface area contributed by atoms with E-state index in [2.05, 4.69) is 10.3 Å². The second-order valence-corrected chi connectivity index (χ2v) is 8.00. The van der Waals surface area contributed by atoms with E-state index in [1.807, 2.05) is 39.8 Å². The maximum atomic E-state index is 12.3. The van der Waals surface area contributed by atoms with Crippen molar-refractivity contribution in [3.63, 3.8) is 0 Å². The van der Waals surface area contributed by atoms with Crippen LogP contribution in [-0.4, -0.2) is 66.4 Å². The van der Waals surface area contributed by atoms with E-state index in [1.54, 1.807) is 6.92 Å². The summed E-state index contributed by atoms with van der Waals surface area (Å²) in [6.07, 6.45) is 0.148. The quantitative estimate of drug-likeness (QED) is 0.646. The van der Waals surface area contributed by atoms with Crippen LogP contribution in [0.2, 0.25) is 0 Å². The lowest BCUT2D eigenvalue weighted by molar-refractivity contribution is -0.131. The lowest BCUT2D eigenvalue weighted by Crippen LogP contribution is -2.40. The maximum absolute atomic E-state index is 12.3. The lowest BCUT2D eigenvalue weighted by atomic mass is 9.92. The summed E-state index contributed by atoms with van der Waals surface area (Å²) in [6, 6.07) is 0. The molecule has 0 unspecified atom stereocenters. The minimum absolute atomic E-state index is 0.0290. The lowest BCUT2D eigenvalue weighted by Gasteiger charge is -2.23. The Morgan fingerprint density at radius 3 is 2.68 bits per heavy atom. The van der Waals surface area contributed by atoms with Gasteiger partial charge < -0.3 is 19.7 Å². The predicted octanol–water partition coefficient (Wildman–Crippen LogP) is 0.0975. The predicted molar refractivity (Wildman–Crippen MR) is 105 cm³/mol. The number of carbonyl (C=O) groups is 1. The highest BCUT2D eigenvalue weighted by Gasteiger charge is 2.45. The van der Waals surface area contributed by atoms with Gasteiger partial charge in [-0.2, -0.15) is 0 Å². The van der Waals surface area contributed by atoms with Crippen molar-refractivity contribution in [3.8, 4) is 0 Å². The Morgan fingerprint density at radius 1 is 1.39 bits per heavy atom. The Kier molecular flexibility index (Phi) is 7.56. The van der Waals surface area contributed by atoms with Crippen molar-refractivity contribution in [2.45, 2.75) is 46.1 Å². The van der Waals surface area contributed by atoms with E-state index in [9.17, 15) is 14.4 Å². The molecule has 0 aliphatic carbocycles. The van der Waals surface area contributed by atoms with Gasteiger partial charge in [-0.15, -0.1) is 0 Å². The molecule has 9 nitrogen and oxygen atoms in total. The first-order valence-corrected chi connectivity index (χ1v) is 9.62. The number of H-pyrrole nitrogens is 1. The molecule has 1 aliphatic rings. The molecule has 2 N–H and O–H groups in total. The van der Waals surface area contributed by atoms with E-state index in [0.717, 1.165) is 6.54 Å². The number of aromatic amines is 1. The molecule has 0 aromatic carbocycles. The van der Waals surface area contributed by atoms with Crippen LogP contribution < -0.4 is 16.6 Å². The topological polar surface area (TPSA) is 106 Å². The smallest absolute Gasteiger partial charge is 0.330 e. The van der Waals surface area contributed by atoms with E-state index in [1.165, 1.54) is 10.8 Å². The largest absolute Gasteiger partial charge is 0.363 e. The third-order valence-electron chi connectivity index (χ3n) is 4.98. The summed E-state index contributed by atoms with van der Waals surface area (Å²) < 4.78 is 13.4. The number of hydrogen-bond donors (Lipinski definition) is 2. The first-order chi connectivity index (χ1) is 13.1. The Balaban J connectivity index is 2.16. The van der Waals surface area contributed by atoms with Crippen LogP contribution in [0.4, 0.5) is 0 Å². The molecule has 4 atom stereocenters. The highest BCUT2D eigenvalue weighted by atomic mass is 16.6. The zero-order chi connectivity index (χ0) is 21.0. The summed E-state index contributed by atoms with van der Waals surface area (Å²) in [6.45, 7) is 8.83. The highest BCUT2D eigenvalue weighted by molar-refractivity contribution is 5.77. The number of nitrogens with one attached hydrogen (secondary N) is 2. The van der Waals surface area contributed by atoms with Crippen LogP contribution in [0.5, 0.6) is 0 Å². The van der Waals surface area contributed by atoms with Gasteiger partial charge in [0.05, 0.1) is 6.10 Å². The molecular formula is C19H32N4O5. The minimum atomic E-state index is -0.708. The summed E-state index contributed by atoms with van der Waals surface area (Å²) >= 11 is 0. The Hall–Kier alpha value is -1.97. The monoisotopic (exact) mass is 396 g/mol. The standard InChI is InChI=1S/C19H32N4O5/c1-11(2)15-13(4)16(27-10-14(24)20-7-8-22(5)6)18(28-15)23-9-12(3)17(25)21-19(23)26/h9,11,13,15-16,18H,7-8,10H2,1-6H3,(H,20,24)(H,21,25,26)/t13-,15-,16-,18-/m1/s1. The fraction of sp³-hybridized carbons (Fsp3) is 0.737. The van der Waals surface area contributed by atoms with Crippen molar-refractivity contribution < 1.29 is 14.3 Å². The van der Waals surface area contributed by atoms with Crippen LogP contribution in [0.25, 0.3) is 0 Å². The van der Waals surface area contributed by atoms with Gasteiger partial charge in [0.15, 0.2) is 6.23 Å². The zero-order valence-corrected chi connectivity index (χ0v) is 17.5. The molecule has 0 radical (unpaired) electrons. The second kappa shape index (κ2) is 9.49. The molecule has 1 saturated heterocycles. The van der Waals surface area contributed by atoms with Crippen LogP contribution in [-0.2, 0) is 14.3 Å². The summed E-state index contributed by atoms with van der Waals surface area (Å²) in [5.41, 5.74) is -0.573. The Labute approximate surface area is 165 Å². The summed E-state index contributed by atoms with van der Waals surface area (Å²) in [5.74, 6) is -0.0379. The van der Waals surface area contributed by atoms with Gasteiger partial charge in [-0.1, -0.05) is 20.8 Å². The van der Waals surface area contributed by atoms with Crippen molar-refractivity contribution in [1.82, 2.24) is 19.8 Å². The molecule has 0 spiro atoms. The molecule has 9 heteroatoms.